The van der Waals surface area contributed by atoms with Crippen molar-refractivity contribution in [2.75, 3.05) is 18.6 Å². The first-order valence-electron chi connectivity index (χ1n) is 6.52. The van der Waals surface area contributed by atoms with Gasteiger partial charge in [-0.15, -0.1) is 11.6 Å². The molecule has 0 spiro atoms. The monoisotopic (exact) mass is 296 g/mol. The normalized spacial score (nSPS) is 19.8. The number of hydrogen-bond donors (Lipinski definition) is 0. The zero-order chi connectivity index (χ0) is 13.2. The molecule has 1 saturated heterocycles. The first-order chi connectivity index (χ1) is 9.33. The third-order valence-corrected chi connectivity index (χ3v) is 5.03. The summed E-state index contributed by atoms with van der Waals surface area (Å²) in [6.07, 6.45) is 2.49. The predicted octanol–water partition coefficient (Wildman–Crippen LogP) is 3.85. The lowest BCUT2D eigenvalue weighted by molar-refractivity contribution is 0.415. The number of halogens is 1. The minimum absolute atomic E-state index is 0.457. The van der Waals surface area contributed by atoms with Crippen molar-refractivity contribution < 1.29 is 4.74 Å². The van der Waals surface area contributed by atoms with Gasteiger partial charge in [0.1, 0.15) is 11.6 Å². The van der Waals surface area contributed by atoms with Gasteiger partial charge < -0.3 is 9.30 Å². The highest BCUT2D eigenvalue weighted by molar-refractivity contribution is 7.99. The maximum Gasteiger partial charge on any atom is 0.125 e. The highest BCUT2D eigenvalue weighted by Crippen LogP contribution is 2.32. The molecule has 102 valence electrons. The van der Waals surface area contributed by atoms with E-state index >= 15 is 0 Å². The van der Waals surface area contributed by atoms with Gasteiger partial charge in [-0.2, -0.15) is 11.8 Å². The molecule has 19 heavy (non-hydrogen) atoms. The van der Waals surface area contributed by atoms with Gasteiger partial charge in [-0.1, -0.05) is 0 Å². The van der Waals surface area contributed by atoms with Gasteiger partial charge in [0.05, 0.1) is 24.0 Å². The number of benzene rings is 1. The summed E-state index contributed by atoms with van der Waals surface area (Å²) < 4.78 is 7.59. The molecule has 1 fully saturated rings. The highest BCUT2D eigenvalue weighted by atomic mass is 35.5. The maximum atomic E-state index is 6.08. The molecule has 0 aliphatic carbocycles. The molecule has 1 atom stereocenters. The lowest BCUT2D eigenvalue weighted by Crippen LogP contribution is -2.17. The number of aromatic nitrogens is 2. The fourth-order valence-corrected chi connectivity index (χ4v) is 4.00. The van der Waals surface area contributed by atoms with E-state index in [1.54, 1.807) is 7.11 Å². The smallest absolute Gasteiger partial charge is 0.125 e. The van der Waals surface area contributed by atoms with Crippen LogP contribution in [0.15, 0.2) is 18.2 Å². The summed E-state index contributed by atoms with van der Waals surface area (Å²) in [7, 11) is 1.68. The minimum atomic E-state index is 0.457. The van der Waals surface area contributed by atoms with Gasteiger partial charge >= 0.3 is 0 Å². The Morgan fingerprint density at radius 2 is 2.42 bits per heavy atom. The Balaban J connectivity index is 2.09. The Hall–Kier alpha value is -0.870. The van der Waals surface area contributed by atoms with E-state index in [2.05, 4.69) is 15.6 Å². The van der Waals surface area contributed by atoms with Gasteiger partial charge in [0, 0.05) is 17.9 Å². The van der Waals surface area contributed by atoms with Crippen LogP contribution in [0.5, 0.6) is 5.75 Å². The first-order valence-corrected chi connectivity index (χ1v) is 8.21. The zero-order valence-electron chi connectivity index (χ0n) is 10.9. The van der Waals surface area contributed by atoms with E-state index < -0.39 is 0 Å². The van der Waals surface area contributed by atoms with Gasteiger partial charge in [0.2, 0.25) is 0 Å². The van der Waals surface area contributed by atoms with Gasteiger partial charge in [0.25, 0.3) is 0 Å². The molecule has 0 amide bonds. The fourth-order valence-electron chi connectivity index (χ4n) is 2.68. The number of methoxy groups -OCH3 is 1. The van der Waals surface area contributed by atoms with Crippen molar-refractivity contribution in [3.05, 3.63) is 24.0 Å². The molecule has 5 heteroatoms. The molecule has 0 saturated carbocycles. The average molecular weight is 297 g/mol. The summed E-state index contributed by atoms with van der Waals surface area (Å²) in [5.41, 5.74) is 2.15. The van der Waals surface area contributed by atoms with E-state index in [4.69, 9.17) is 16.3 Å². The van der Waals surface area contributed by atoms with Crippen molar-refractivity contribution in [2.45, 2.75) is 24.8 Å². The van der Waals surface area contributed by atoms with Crippen LogP contribution in [0.1, 0.15) is 24.7 Å². The third kappa shape index (κ3) is 2.43. The predicted molar refractivity (Wildman–Crippen MR) is 81.4 cm³/mol. The summed E-state index contributed by atoms with van der Waals surface area (Å²) in [5, 5.41) is 0. The van der Waals surface area contributed by atoms with Gasteiger partial charge in [-0.05, 0) is 30.7 Å². The molecule has 3 nitrogen and oxygen atoms in total. The number of alkyl halides is 1. The van der Waals surface area contributed by atoms with Crippen molar-refractivity contribution in [3.8, 4) is 5.75 Å². The molecule has 1 aliphatic heterocycles. The largest absolute Gasteiger partial charge is 0.497 e. The quantitative estimate of drug-likeness (QED) is 0.805. The number of rotatable bonds is 3. The second-order valence-electron chi connectivity index (χ2n) is 4.76. The summed E-state index contributed by atoms with van der Waals surface area (Å²) in [6, 6.07) is 6.59. The van der Waals surface area contributed by atoms with Gasteiger partial charge in [-0.25, -0.2) is 4.98 Å². The molecule has 0 radical (unpaired) electrons. The van der Waals surface area contributed by atoms with Crippen molar-refractivity contribution in [2.24, 2.45) is 0 Å². The SMILES string of the molecule is COc1ccc2c(c1)nc(CCl)n2C1CCCSC1. The zero-order valence-corrected chi connectivity index (χ0v) is 12.5. The number of hydrogen-bond acceptors (Lipinski definition) is 3. The number of thioether (sulfide) groups is 1. The molecule has 3 rings (SSSR count). The van der Waals surface area contributed by atoms with E-state index in [-0.39, 0.29) is 0 Å². The van der Waals surface area contributed by atoms with E-state index in [1.807, 2.05) is 23.9 Å². The van der Waals surface area contributed by atoms with Crippen molar-refractivity contribution in [3.63, 3.8) is 0 Å². The number of imidazole rings is 1. The number of ether oxygens (including phenoxy) is 1. The minimum Gasteiger partial charge on any atom is -0.497 e. The third-order valence-electron chi connectivity index (χ3n) is 3.59. The average Bonchev–Trinajstić information content (AvgIpc) is 2.85. The molecule has 1 unspecified atom stereocenters. The summed E-state index contributed by atoms with van der Waals surface area (Å²) in [5.74, 6) is 4.70. The van der Waals surface area contributed by atoms with Crippen molar-refractivity contribution in [1.82, 2.24) is 9.55 Å². The van der Waals surface area contributed by atoms with Crippen LogP contribution in [0.25, 0.3) is 11.0 Å². The molecular weight excluding hydrogens is 280 g/mol. The molecule has 2 heterocycles. The summed E-state index contributed by atoms with van der Waals surface area (Å²) in [6.45, 7) is 0. The second-order valence-corrected chi connectivity index (χ2v) is 6.17. The van der Waals surface area contributed by atoms with Gasteiger partial charge in [0.15, 0.2) is 0 Å². The number of fused-ring (bicyclic) bond motifs is 1. The Bertz CT molecular complexity index is 578. The van der Waals surface area contributed by atoms with Crippen LogP contribution in [-0.4, -0.2) is 28.2 Å². The Morgan fingerprint density at radius 1 is 1.53 bits per heavy atom. The van der Waals surface area contributed by atoms with E-state index in [9.17, 15) is 0 Å². The molecule has 2 aromatic rings. The van der Waals surface area contributed by atoms with Crippen LogP contribution >= 0.6 is 23.4 Å². The van der Waals surface area contributed by atoms with E-state index in [1.165, 1.54) is 24.1 Å². The highest BCUT2D eigenvalue weighted by Gasteiger charge is 2.21. The van der Waals surface area contributed by atoms with Crippen LogP contribution in [0.4, 0.5) is 0 Å². The Kier molecular flexibility index (Phi) is 3.89. The van der Waals surface area contributed by atoms with Gasteiger partial charge in [-0.3, -0.25) is 0 Å². The topological polar surface area (TPSA) is 27.1 Å². The Morgan fingerprint density at radius 3 is 3.11 bits per heavy atom. The lowest BCUT2D eigenvalue weighted by atomic mass is 10.1. The second kappa shape index (κ2) is 5.63. The molecule has 1 aliphatic rings. The Labute approximate surface area is 122 Å². The molecule has 1 aromatic heterocycles. The number of nitrogens with zero attached hydrogens (tertiary/aromatic N) is 2. The van der Waals surface area contributed by atoms with Crippen LogP contribution in [-0.2, 0) is 5.88 Å². The van der Waals surface area contributed by atoms with Crippen molar-refractivity contribution in [1.29, 1.82) is 0 Å². The fraction of sp³-hybridized carbons (Fsp3) is 0.500. The van der Waals surface area contributed by atoms with E-state index in [0.717, 1.165) is 22.8 Å². The summed E-state index contributed by atoms with van der Waals surface area (Å²) >= 11 is 8.10. The molecule has 0 N–H and O–H groups in total. The van der Waals surface area contributed by atoms with Crippen LogP contribution in [0, 0.1) is 0 Å². The standard InChI is InChI=1S/C14H17ClN2OS/c1-18-11-4-5-13-12(7-11)16-14(8-15)17(13)10-3-2-6-19-9-10/h4-5,7,10H,2-3,6,8-9H2,1H3. The lowest BCUT2D eigenvalue weighted by Gasteiger charge is -2.25. The molecule has 1 aromatic carbocycles. The van der Waals surface area contributed by atoms with Crippen molar-refractivity contribution >= 4 is 34.4 Å². The van der Waals surface area contributed by atoms with E-state index in [0.29, 0.717) is 11.9 Å². The molecular formula is C14H17ClN2OS. The van der Waals surface area contributed by atoms with Crippen LogP contribution < -0.4 is 4.74 Å². The van der Waals surface area contributed by atoms with Crippen LogP contribution in [0.2, 0.25) is 0 Å². The maximum absolute atomic E-state index is 6.08. The first kappa shape index (κ1) is 13.1. The summed E-state index contributed by atoms with van der Waals surface area (Å²) in [4.78, 5) is 4.66. The molecule has 0 bridgehead atoms. The van der Waals surface area contributed by atoms with Crippen LogP contribution in [0.3, 0.4) is 0 Å².